The molecule has 0 aliphatic rings. The van der Waals surface area contributed by atoms with Crippen molar-refractivity contribution in [3.8, 4) is 5.75 Å². The maximum Gasteiger partial charge on any atom is 0.221 e. The van der Waals surface area contributed by atoms with Crippen molar-refractivity contribution in [2.24, 2.45) is 0 Å². The van der Waals surface area contributed by atoms with Gasteiger partial charge in [0.1, 0.15) is 5.75 Å². The number of hydrogen-bond donors (Lipinski definition) is 1. The van der Waals surface area contributed by atoms with E-state index in [1.807, 2.05) is 0 Å². The van der Waals surface area contributed by atoms with Crippen molar-refractivity contribution in [2.75, 3.05) is 12.4 Å². The highest BCUT2D eigenvalue weighted by Crippen LogP contribution is 2.17. The van der Waals surface area contributed by atoms with E-state index in [2.05, 4.69) is 5.32 Å². The van der Waals surface area contributed by atoms with Gasteiger partial charge in [0.15, 0.2) is 5.78 Å². The van der Waals surface area contributed by atoms with Gasteiger partial charge in [0.05, 0.1) is 7.11 Å². The molecule has 102 valence electrons. The molecule has 0 heterocycles. The predicted octanol–water partition coefficient (Wildman–Crippen LogP) is 2.88. The zero-order valence-electron chi connectivity index (χ0n) is 11.3. The van der Waals surface area contributed by atoms with Crippen molar-refractivity contribution in [3.63, 3.8) is 0 Å². The van der Waals surface area contributed by atoms with E-state index >= 15 is 0 Å². The van der Waals surface area contributed by atoms with Crippen molar-refractivity contribution in [3.05, 3.63) is 59.7 Å². The SMILES string of the molecule is COc1cccc(C(=O)c2ccc(NC(C)=O)cc2)c1. The number of hydrogen-bond acceptors (Lipinski definition) is 3. The Hall–Kier alpha value is -2.62. The van der Waals surface area contributed by atoms with E-state index in [1.54, 1.807) is 55.6 Å². The highest BCUT2D eigenvalue weighted by atomic mass is 16.5. The van der Waals surface area contributed by atoms with Crippen LogP contribution in [-0.4, -0.2) is 18.8 Å². The number of carbonyl (C=O) groups is 2. The van der Waals surface area contributed by atoms with Crippen LogP contribution in [0.3, 0.4) is 0 Å². The van der Waals surface area contributed by atoms with Gasteiger partial charge in [-0.1, -0.05) is 12.1 Å². The fourth-order valence-electron chi connectivity index (χ4n) is 1.84. The Morgan fingerprint density at radius 3 is 2.30 bits per heavy atom. The lowest BCUT2D eigenvalue weighted by Crippen LogP contribution is -2.06. The van der Waals surface area contributed by atoms with Crippen molar-refractivity contribution in [1.82, 2.24) is 0 Å². The average Bonchev–Trinajstić information content (AvgIpc) is 2.47. The van der Waals surface area contributed by atoms with Crippen LogP contribution in [0, 0.1) is 0 Å². The molecular weight excluding hydrogens is 254 g/mol. The zero-order chi connectivity index (χ0) is 14.5. The summed E-state index contributed by atoms with van der Waals surface area (Å²) in [7, 11) is 1.56. The fraction of sp³-hybridized carbons (Fsp3) is 0.125. The molecule has 0 aliphatic heterocycles. The number of anilines is 1. The first-order valence-corrected chi connectivity index (χ1v) is 6.16. The van der Waals surface area contributed by atoms with Crippen LogP contribution >= 0.6 is 0 Å². The Morgan fingerprint density at radius 1 is 1.00 bits per heavy atom. The highest BCUT2D eigenvalue weighted by Gasteiger charge is 2.09. The summed E-state index contributed by atoms with van der Waals surface area (Å²) in [5.41, 5.74) is 1.80. The number of ether oxygens (including phenoxy) is 1. The minimum atomic E-state index is -0.142. The number of carbonyl (C=O) groups excluding carboxylic acids is 2. The Balaban J connectivity index is 2.22. The molecule has 0 saturated carbocycles. The summed E-state index contributed by atoms with van der Waals surface area (Å²) in [5, 5.41) is 2.66. The van der Waals surface area contributed by atoms with Crippen LogP contribution < -0.4 is 10.1 Å². The summed E-state index contributed by atoms with van der Waals surface area (Å²) in [6.45, 7) is 1.44. The van der Waals surface area contributed by atoms with Crippen LogP contribution in [0.5, 0.6) is 5.75 Å². The molecule has 0 spiro atoms. The largest absolute Gasteiger partial charge is 0.497 e. The summed E-state index contributed by atoms with van der Waals surface area (Å²) < 4.78 is 5.10. The summed E-state index contributed by atoms with van der Waals surface area (Å²) >= 11 is 0. The molecule has 4 nitrogen and oxygen atoms in total. The van der Waals surface area contributed by atoms with Gasteiger partial charge in [0, 0.05) is 23.7 Å². The summed E-state index contributed by atoms with van der Waals surface area (Å²) in [6.07, 6.45) is 0. The first kappa shape index (κ1) is 13.8. The van der Waals surface area contributed by atoms with Gasteiger partial charge >= 0.3 is 0 Å². The average molecular weight is 269 g/mol. The number of methoxy groups -OCH3 is 1. The lowest BCUT2D eigenvalue weighted by Gasteiger charge is -2.06. The van der Waals surface area contributed by atoms with Gasteiger partial charge in [-0.15, -0.1) is 0 Å². The van der Waals surface area contributed by atoms with E-state index in [9.17, 15) is 9.59 Å². The molecule has 0 bridgehead atoms. The minimum absolute atomic E-state index is 0.0849. The number of benzene rings is 2. The van der Waals surface area contributed by atoms with Crippen molar-refractivity contribution in [1.29, 1.82) is 0 Å². The van der Waals surface area contributed by atoms with E-state index in [-0.39, 0.29) is 11.7 Å². The Bertz CT molecular complexity index is 632. The van der Waals surface area contributed by atoms with Crippen LogP contribution in [0.1, 0.15) is 22.8 Å². The highest BCUT2D eigenvalue weighted by molar-refractivity contribution is 6.09. The van der Waals surface area contributed by atoms with Crippen molar-refractivity contribution < 1.29 is 14.3 Å². The van der Waals surface area contributed by atoms with Crippen LogP contribution in [0.25, 0.3) is 0 Å². The molecule has 2 aromatic rings. The van der Waals surface area contributed by atoms with Gasteiger partial charge in [-0.2, -0.15) is 0 Å². The second-order valence-electron chi connectivity index (χ2n) is 4.32. The fourth-order valence-corrected chi connectivity index (χ4v) is 1.84. The topological polar surface area (TPSA) is 55.4 Å². The number of rotatable bonds is 4. The minimum Gasteiger partial charge on any atom is -0.497 e. The third kappa shape index (κ3) is 3.23. The van der Waals surface area contributed by atoms with E-state index in [0.29, 0.717) is 22.6 Å². The molecule has 0 unspecified atom stereocenters. The number of amides is 1. The van der Waals surface area contributed by atoms with Crippen molar-refractivity contribution in [2.45, 2.75) is 6.92 Å². The van der Waals surface area contributed by atoms with E-state index in [0.717, 1.165) is 0 Å². The number of ketones is 1. The molecule has 0 saturated heterocycles. The van der Waals surface area contributed by atoms with Crippen LogP contribution in [0.15, 0.2) is 48.5 Å². The van der Waals surface area contributed by atoms with E-state index < -0.39 is 0 Å². The van der Waals surface area contributed by atoms with Crippen LogP contribution in [0.2, 0.25) is 0 Å². The van der Waals surface area contributed by atoms with Gasteiger partial charge in [-0.25, -0.2) is 0 Å². The summed E-state index contributed by atoms with van der Waals surface area (Å²) in [5.74, 6) is 0.417. The molecule has 2 aromatic carbocycles. The van der Waals surface area contributed by atoms with Crippen LogP contribution in [0.4, 0.5) is 5.69 Å². The van der Waals surface area contributed by atoms with Gasteiger partial charge in [-0.05, 0) is 36.4 Å². The summed E-state index contributed by atoms with van der Waals surface area (Å²) in [4.78, 5) is 23.2. The first-order chi connectivity index (χ1) is 9.60. The molecule has 1 amide bonds. The lowest BCUT2D eigenvalue weighted by molar-refractivity contribution is -0.114. The third-order valence-electron chi connectivity index (χ3n) is 2.80. The van der Waals surface area contributed by atoms with E-state index in [4.69, 9.17) is 4.74 Å². The van der Waals surface area contributed by atoms with Gasteiger partial charge in [-0.3, -0.25) is 9.59 Å². The monoisotopic (exact) mass is 269 g/mol. The van der Waals surface area contributed by atoms with Crippen LogP contribution in [-0.2, 0) is 4.79 Å². The third-order valence-corrected chi connectivity index (χ3v) is 2.80. The molecule has 2 rings (SSSR count). The Kier molecular flexibility index (Phi) is 4.15. The van der Waals surface area contributed by atoms with Gasteiger partial charge in [0.25, 0.3) is 0 Å². The smallest absolute Gasteiger partial charge is 0.221 e. The molecule has 20 heavy (non-hydrogen) atoms. The lowest BCUT2D eigenvalue weighted by atomic mass is 10.0. The Labute approximate surface area is 117 Å². The molecular formula is C16H15NO3. The van der Waals surface area contributed by atoms with Crippen molar-refractivity contribution >= 4 is 17.4 Å². The number of nitrogens with one attached hydrogen (secondary N) is 1. The second kappa shape index (κ2) is 6.02. The molecule has 0 atom stereocenters. The molecule has 1 N–H and O–H groups in total. The molecule has 4 heteroatoms. The standard InChI is InChI=1S/C16H15NO3/c1-11(18)17-14-8-6-12(7-9-14)16(19)13-4-3-5-15(10-13)20-2/h3-10H,1-2H3,(H,17,18). The Morgan fingerprint density at radius 2 is 1.70 bits per heavy atom. The maximum absolute atomic E-state index is 12.3. The molecule has 0 aliphatic carbocycles. The first-order valence-electron chi connectivity index (χ1n) is 6.16. The van der Waals surface area contributed by atoms with Gasteiger partial charge < -0.3 is 10.1 Å². The molecule has 0 fully saturated rings. The quantitative estimate of drug-likeness (QED) is 0.868. The molecule has 0 radical (unpaired) electrons. The summed E-state index contributed by atoms with van der Waals surface area (Å²) in [6, 6.07) is 13.8. The molecule has 0 aromatic heterocycles. The predicted molar refractivity (Wildman–Crippen MR) is 77.2 cm³/mol. The second-order valence-corrected chi connectivity index (χ2v) is 4.32. The normalized spacial score (nSPS) is 9.90. The zero-order valence-corrected chi connectivity index (χ0v) is 11.3. The van der Waals surface area contributed by atoms with Gasteiger partial charge in [0.2, 0.25) is 5.91 Å². The maximum atomic E-state index is 12.3. The van der Waals surface area contributed by atoms with E-state index in [1.165, 1.54) is 6.92 Å².